The van der Waals surface area contributed by atoms with Crippen LogP contribution >= 0.6 is 0 Å². The van der Waals surface area contributed by atoms with Gasteiger partial charge in [0.15, 0.2) is 5.43 Å². The molecule has 27 heavy (non-hydrogen) atoms. The second-order valence-electron chi connectivity index (χ2n) is 6.37. The summed E-state index contributed by atoms with van der Waals surface area (Å²) in [5.41, 5.74) is 3.26. The first kappa shape index (κ1) is 16.9. The van der Waals surface area contributed by atoms with Crippen molar-refractivity contribution in [3.8, 4) is 22.8 Å². The Morgan fingerprint density at radius 2 is 1.59 bits per heavy atom. The summed E-state index contributed by atoms with van der Waals surface area (Å²) in [7, 11) is 1.54. The largest absolute Gasteiger partial charge is 0.507 e. The maximum absolute atomic E-state index is 12.8. The summed E-state index contributed by atoms with van der Waals surface area (Å²) in [4.78, 5) is 12.8. The van der Waals surface area contributed by atoms with Crippen molar-refractivity contribution < 1.29 is 9.84 Å². The number of benzene rings is 3. The second kappa shape index (κ2) is 7.00. The summed E-state index contributed by atoms with van der Waals surface area (Å²) < 4.78 is 7.36. The van der Waals surface area contributed by atoms with Crippen LogP contribution in [0.15, 0.2) is 83.7 Å². The SMILES string of the molecule is COc1cc(O)c2c(=O)cc(-c3ccccc3)n(Cc3ccccc3)c2c1. The molecule has 4 aromatic rings. The Bertz CT molecular complexity index is 1150. The zero-order chi connectivity index (χ0) is 18.8. The van der Waals surface area contributed by atoms with Gasteiger partial charge in [-0.05, 0) is 11.1 Å². The molecule has 0 amide bonds. The molecule has 0 radical (unpaired) electrons. The number of ether oxygens (including phenoxy) is 1. The Morgan fingerprint density at radius 3 is 2.26 bits per heavy atom. The van der Waals surface area contributed by atoms with E-state index in [0.29, 0.717) is 23.2 Å². The molecule has 0 unspecified atom stereocenters. The molecule has 1 aromatic heterocycles. The van der Waals surface area contributed by atoms with Crippen molar-refractivity contribution in [1.82, 2.24) is 4.57 Å². The van der Waals surface area contributed by atoms with Crippen molar-refractivity contribution >= 4 is 10.9 Å². The van der Waals surface area contributed by atoms with Crippen LogP contribution in [0.4, 0.5) is 0 Å². The summed E-state index contributed by atoms with van der Waals surface area (Å²) >= 11 is 0. The number of hydrogen-bond acceptors (Lipinski definition) is 3. The molecule has 1 N–H and O–H groups in total. The number of rotatable bonds is 4. The third-order valence-corrected chi connectivity index (χ3v) is 4.65. The Morgan fingerprint density at radius 1 is 0.926 bits per heavy atom. The minimum absolute atomic E-state index is 0.0734. The molecule has 0 fully saturated rings. The smallest absolute Gasteiger partial charge is 0.193 e. The zero-order valence-corrected chi connectivity index (χ0v) is 14.9. The molecule has 4 rings (SSSR count). The lowest BCUT2D eigenvalue weighted by molar-refractivity contribution is 0.409. The van der Waals surface area contributed by atoms with Gasteiger partial charge in [0.1, 0.15) is 11.5 Å². The van der Waals surface area contributed by atoms with Crippen molar-refractivity contribution in [1.29, 1.82) is 0 Å². The van der Waals surface area contributed by atoms with Crippen molar-refractivity contribution in [3.05, 3.63) is 94.6 Å². The van der Waals surface area contributed by atoms with E-state index in [1.54, 1.807) is 19.2 Å². The maximum Gasteiger partial charge on any atom is 0.193 e. The molecule has 0 saturated carbocycles. The van der Waals surface area contributed by atoms with Gasteiger partial charge in [-0.3, -0.25) is 4.79 Å². The average molecular weight is 357 g/mol. The minimum atomic E-state index is -0.215. The Hall–Kier alpha value is -3.53. The monoisotopic (exact) mass is 357 g/mol. The number of methoxy groups -OCH3 is 1. The molecule has 0 atom stereocenters. The Kier molecular flexibility index (Phi) is 4.38. The third-order valence-electron chi connectivity index (χ3n) is 4.65. The first-order valence-electron chi connectivity index (χ1n) is 8.71. The number of hydrogen-bond donors (Lipinski definition) is 1. The van der Waals surface area contributed by atoms with E-state index in [1.807, 2.05) is 65.2 Å². The van der Waals surface area contributed by atoms with Gasteiger partial charge in [0.05, 0.1) is 23.7 Å². The molecule has 3 aromatic carbocycles. The fourth-order valence-electron chi connectivity index (χ4n) is 3.36. The lowest BCUT2D eigenvalue weighted by atomic mass is 10.1. The summed E-state index contributed by atoms with van der Waals surface area (Å²) in [6, 6.07) is 24.7. The number of fused-ring (bicyclic) bond motifs is 1. The van der Waals surface area contributed by atoms with Gasteiger partial charge in [0.2, 0.25) is 0 Å². The summed E-state index contributed by atoms with van der Waals surface area (Å²) in [5, 5.41) is 10.7. The lowest BCUT2D eigenvalue weighted by Gasteiger charge is -2.18. The predicted octanol–water partition coefficient (Wildman–Crippen LogP) is 4.43. The highest BCUT2D eigenvalue weighted by molar-refractivity contribution is 5.89. The van der Waals surface area contributed by atoms with E-state index in [-0.39, 0.29) is 11.2 Å². The number of phenols is 1. The number of pyridine rings is 1. The molecule has 0 saturated heterocycles. The third kappa shape index (κ3) is 3.17. The number of aromatic hydroxyl groups is 1. The van der Waals surface area contributed by atoms with Crippen LogP contribution in [0.5, 0.6) is 11.5 Å². The molecule has 0 spiro atoms. The quantitative estimate of drug-likeness (QED) is 0.588. The summed E-state index contributed by atoms with van der Waals surface area (Å²) in [6.45, 7) is 0.564. The molecular formula is C23H19NO3. The van der Waals surface area contributed by atoms with Crippen molar-refractivity contribution in [3.63, 3.8) is 0 Å². The van der Waals surface area contributed by atoms with Gasteiger partial charge in [0, 0.05) is 24.7 Å². The van der Waals surface area contributed by atoms with E-state index in [0.717, 1.165) is 16.8 Å². The second-order valence-corrected chi connectivity index (χ2v) is 6.37. The van der Waals surface area contributed by atoms with Gasteiger partial charge in [-0.25, -0.2) is 0 Å². The molecule has 0 aliphatic rings. The highest BCUT2D eigenvalue weighted by Gasteiger charge is 2.15. The molecule has 4 nitrogen and oxygen atoms in total. The van der Waals surface area contributed by atoms with Crippen molar-refractivity contribution in [2.45, 2.75) is 6.54 Å². The number of aromatic nitrogens is 1. The van der Waals surface area contributed by atoms with Crippen LogP contribution < -0.4 is 10.2 Å². The van der Waals surface area contributed by atoms with Crippen LogP contribution in [0.2, 0.25) is 0 Å². The van der Waals surface area contributed by atoms with Crippen LogP contribution in [-0.2, 0) is 6.54 Å². The Balaban J connectivity index is 2.07. The summed E-state index contributed by atoms with van der Waals surface area (Å²) in [6.07, 6.45) is 0. The van der Waals surface area contributed by atoms with E-state index in [2.05, 4.69) is 0 Å². The fourth-order valence-corrected chi connectivity index (χ4v) is 3.36. The van der Waals surface area contributed by atoms with E-state index in [4.69, 9.17) is 4.74 Å². The van der Waals surface area contributed by atoms with Gasteiger partial charge in [-0.1, -0.05) is 60.7 Å². The molecule has 0 aliphatic carbocycles. The van der Waals surface area contributed by atoms with Crippen LogP contribution in [0.3, 0.4) is 0 Å². The Labute approximate surface area is 156 Å². The number of nitrogens with zero attached hydrogens (tertiary/aromatic N) is 1. The molecular weight excluding hydrogens is 338 g/mol. The highest BCUT2D eigenvalue weighted by atomic mass is 16.5. The molecule has 0 bridgehead atoms. The van der Waals surface area contributed by atoms with Crippen molar-refractivity contribution in [2.24, 2.45) is 0 Å². The standard InChI is InChI=1S/C23H19NO3/c1-27-18-12-20-23(21(25)13-18)22(26)14-19(17-10-6-3-7-11-17)24(20)15-16-8-4-2-5-9-16/h2-14,25H,15H2,1H3. The predicted molar refractivity (Wildman–Crippen MR) is 107 cm³/mol. The van der Waals surface area contributed by atoms with Gasteiger partial charge in [0.25, 0.3) is 0 Å². The first-order chi connectivity index (χ1) is 13.2. The van der Waals surface area contributed by atoms with Crippen LogP contribution in [0.1, 0.15) is 5.56 Å². The van der Waals surface area contributed by atoms with Gasteiger partial charge < -0.3 is 14.4 Å². The van der Waals surface area contributed by atoms with Crippen LogP contribution in [0.25, 0.3) is 22.2 Å². The van der Waals surface area contributed by atoms with Gasteiger partial charge in [-0.15, -0.1) is 0 Å². The van der Waals surface area contributed by atoms with E-state index in [9.17, 15) is 9.90 Å². The number of phenolic OH excluding ortho intramolecular Hbond substituents is 1. The summed E-state index contributed by atoms with van der Waals surface area (Å²) in [5.74, 6) is 0.433. The molecule has 1 heterocycles. The average Bonchev–Trinajstić information content (AvgIpc) is 2.70. The maximum atomic E-state index is 12.8. The van der Waals surface area contributed by atoms with E-state index in [1.165, 1.54) is 6.07 Å². The van der Waals surface area contributed by atoms with E-state index < -0.39 is 0 Å². The van der Waals surface area contributed by atoms with Crippen LogP contribution in [0, 0.1) is 0 Å². The normalized spacial score (nSPS) is 10.9. The lowest BCUT2D eigenvalue weighted by Crippen LogP contribution is -2.13. The van der Waals surface area contributed by atoms with Crippen molar-refractivity contribution in [2.75, 3.05) is 7.11 Å². The topological polar surface area (TPSA) is 51.5 Å². The minimum Gasteiger partial charge on any atom is -0.507 e. The molecule has 134 valence electrons. The molecule has 4 heteroatoms. The van der Waals surface area contributed by atoms with Gasteiger partial charge >= 0.3 is 0 Å². The first-order valence-corrected chi connectivity index (χ1v) is 8.71. The fraction of sp³-hybridized carbons (Fsp3) is 0.0870. The zero-order valence-electron chi connectivity index (χ0n) is 14.9. The van der Waals surface area contributed by atoms with E-state index >= 15 is 0 Å². The van der Waals surface area contributed by atoms with Crippen LogP contribution in [-0.4, -0.2) is 16.8 Å². The van der Waals surface area contributed by atoms with Gasteiger partial charge in [-0.2, -0.15) is 0 Å². The highest BCUT2D eigenvalue weighted by Crippen LogP contribution is 2.31. The molecule has 0 aliphatic heterocycles.